The second kappa shape index (κ2) is 8.81. The molecular formula is C22H22O3Sn. The Morgan fingerprint density at radius 2 is 0.962 bits per heavy atom. The molecule has 0 aliphatic rings. The van der Waals surface area contributed by atoms with Gasteiger partial charge in [0.2, 0.25) is 0 Å². The van der Waals surface area contributed by atoms with Crippen molar-refractivity contribution in [3.63, 3.8) is 0 Å². The first-order valence-corrected chi connectivity index (χ1v) is 14.0. The Kier molecular flexibility index (Phi) is 6.23. The van der Waals surface area contributed by atoms with E-state index in [1.54, 1.807) is 0 Å². The first-order chi connectivity index (χ1) is 12.7. The van der Waals surface area contributed by atoms with Crippen molar-refractivity contribution in [3.8, 4) is 17.2 Å². The van der Waals surface area contributed by atoms with Crippen molar-refractivity contribution >= 4 is 19.6 Å². The normalized spacial score (nSPS) is 10.8. The van der Waals surface area contributed by atoms with Crippen molar-refractivity contribution < 1.29 is 9.22 Å². The third-order valence-electron chi connectivity index (χ3n) is 3.57. The van der Waals surface area contributed by atoms with Gasteiger partial charge in [0.05, 0.1) is 0 Å². The third-order valence-corrected chi connectivity index (χ3v) is 11.2. The summed E-state index contributed by atoms with van der Waals surface area (Å²) in [7, 11) is 0. The Morgan fingerprint density at radius 1 is 0.654 bits per heavy atom. The number of benzene rings is 3. The molecule has 0 aromatic heterocycles. The van der Waals surface area contributed by atoms with Crippen LogP contribution in [-0.2, 0) is 0 Å². The zero-order valence-corrected chi connectivity index (χ0v) is 17.7. The van der Waals surface area contributed by atoms with Gasteiger partial charge in [0, 0.05) is 0 Å². The van der Waals surface area contributed by atoms with E-state index in [4.69, 9.17) is 9.22 Å². The molecule has 0 heterocycles. The first kappa shape index (κ1) is 18.4. The molecule has 0 atom stereocenters. The summed E-state index contributed by atoms with van der Waals surface area (Å²) in [5.74, 6) is 2.24. The minimum atomic E-state index is -4.11. The van der Waals surface area contributed by atoms with E-state index in [1.807, 2.05) is 97.9 Å². The topological polar surface area (TPSA) is 27.7 Å². The molecule has 0 radical (unpaired) electrons. The van der Waals surface area contributed by atoms with Crippen LogP contribution in [0.5, 0.6) is 17.2 Å². The predicted molar refractivity (Wildman–Crippen MR) is 107 cm³/mol. The van der Waals surface area contributed by atoms with Gasteiger partial charge in [-0.25, -0.2) is 0 Å². The van der Waals surface area contributed by atoms with Gasteiger partial charge >= 0.3 is 161 Å². The standard InChI is InChI=1S/3C6H6O.C4H7.Sn/c3*7-6-4-2-1-3-5-6;1-4(2)3;/h3*1-5,7H;1-2H2,3H3;/q;;;;+3/p-3. The molecule has 0 N–H and O–H groups in total. The van der Waals surface area contributed by atoms with Crippen LogP contribution >= 0.6 is 0 Å². The van der Waals surface area contributed by atoms with Gasteiger partial charge in [-0.15, -0.1) is 0 Å². The van der Waals surface area contributed by atoms with Crippen LogP contribution in [0.2, 0.25) is 4.44 Å². The van der Waals surface area contributed by atoms with Crippen LogP contribution in [0.15, 0.2) is 103 Å². The van der Waals surface area contributed by atoms with E-state index in [0.29, 0.717) is 4.44 Å². The molecule has 3 rings (SSSR count). The van der Waals surface area contributed by atoms with E-state index >= 15 is 0 Å². The van der Waals surface area contributed by atoms with Gasteiger partial charge in [-0.3, -0.25) is 0 Å². The SMILES string of the molecule is C=C(C)[CH2][Sn]([O]c1ccccc1)([O]c1ccccc1)[O]c1ccccc1. The maximum atomic E-state index is 6.43. The molecule has 4 heteroatoms. The zero-order chi connectivity index (χ0) is 18.2. The molecule has 0 bridgehead atoms. The Morgan fingerprint density at radius 3 is 1.23 bits per heavy atom. The summed E-state index contributed by atoms with van der Waals surface area (Å²) in [5, 5.41) is 0. The van der Waals surface area contributed by atoms with E-state index in [0.717, 1.165) is 22.8 Å². The quantitative estimate of drug-likeness (QED) is 0.322. The van der Waals surface area contributed by atoms with Crippen LogP contribution in [0, 0.1) is 0 Å². The Balaban J connectivity index is 1.98. The average Bonchev–Trinajstić information content (AvgIpc) is 2.63. The first-order valence-electron chi connectivity index (χ1n) is 8.52. The fourth-order valence-electron chi connectivity index (χ4n) is 2.54. The van der Waals surface area contributed by atoms with Crippen molar-refractivity contribution in [1.82, 2.24) is 0 Å². The molecule has 0 saturated carbocycles. The summed E-state index contributed by atoms with van der Waals surface area (Å²) < 4.78 is 19.9. The molecule has 3 aromatic carbocycles. The number of hydrogen-bond donors (Lipinski definition) is 0. The van der Waals surface area contributed by atoms with Gasteiger partial charge in [-0.1, -0.05) is 0 Å². The predicted octanol–water partition coefficient (Wildman–Crippen LogP) is 5.74. The van der Waals surface area contributed by atoms with E-state index in [1.165, 1.54) is 0 Å². The average molecular weight is 453 g/mol. The van der Waals surface area contributed by atoms with Gasteiger partial charge in [-0.2, -0.15) is 0 Å². The monoisotopic (exact) mass is 454 g/mol. The summed E-state index contributed by atoms with van der Waals surface area (Å²) in [6, 6.07) is 29.1. The summed E-state index contributed by atoms with van der Waals surface area (Å²) >= 11 is -4.11. The summed E-state index contributed by atoms with van der Waals surface area (Å²) in [5.41, 5.74) is 0.976. The fraction of sp³-hybridized carbons (Fsp3) is 0.0909. The molecule has 0 saturated heterocycles. The van der Waals surface area contributed by atoms with E-state index in [-0.39, 0.29) is 0 Å². The minimum absolute atomic E-state index is 0.577. The molecule has 132 valence electrons. The van der Waals surface area contributed by atoms with Crippen molar-refractivity contribution in [2.24, 2.45) is 0 Å². The van der Waals surface area contributed by atoms with Crippen LogP contribution in [-0.4, -0.2) is 19.6 Å². The van der Waals surface area contributed by atoms with Gasteiger partial charge < -0.3 is 0 Å². The Hall–Kier alpha value is -2.40. The Labute approximate surface area is 160 Å². The second-order valence-corrected chi connectivity index (χ2v) is 12.7. The number of allylic oxidation sites excluding steroid dienone is 1. The molecule has 0 aliphatic carbocycles. The van der Waals surface area contributed by atoms with Crippen molar-refractivity contribution in [2.75, 3.05) is 0 Å². The molecule has 26 heavy (non-hydrogen) atoms. The van der Waals surface area contributed by atoms with Crippen LogP contribution in [0.1, 0.15) is 6.92 Å². The van der Waals surface area contributed by atoms with E-state index in [2.05, 4.69) is 6.58 Å². The number of rotatable bonds is 8. The molecule has 0 spiro atoms. The molecule has 0 fully saturated rings. The number of para-hydroxylation sites is 3. The molecule has 3 nitrogen and oxygen atoms in total. The van der Waals surface area contributed by atoms with Crippen LogP contribution < -0.4 is 9.22 Å². The van der Waals surface area contributed by atoms with Gasteiger partial charge in [-0.05, 0) is 0 Å². The second-order valence-electron chi connectivity index (χ2n) is 6.06. The van der Waals surface area contributed by atoms with Crippen LogP contribution in [0.4, 0.5) is 0 Å². The number of hydrogen-bond acceptors (Lipinski definition) is 3. The summed E-state index contributed by atoms with van der Waals surface area (Å²) in [6.45, 7) is 6.05. The van der Waals surface area contributed by atoms with Gasteiger partial charge in [0.1, 0.15) is 0 Å². The van der Waals surface area contributed by atoms with Gasteiger partial charge in [0.15, 0.2) is 0 Å². The fourth-order valence-corrected chi connectivity index (χ4v) is 9.87. The molecule has 0 amide bonds. The molecule has 3 aromatic rings. The molecule has 0 unspecified atom stereocenters. The van der Waals surface area contributed by atoms with Crippen LogP contribution in [0.3, 0.4) is 0 Å². The molecule has 0 aliphatic heterocycles. The zero-order valence-electron chi connectivity index (χ0n) is 14.8. The van der Waals surface area contributed by atoms with Crippen molar-refractivity contribution in [3.05, 3.63) is 103 Å². The van der Waals surface area contributed by atoms with E-state index < -0.39 is 19.6 Å². The summed E-state index contributed by atoms with van der Waals surface area (Å²) in [6.07, 6.45) is 0. The van der Waals surface area contributed by atoms with Crippen molar-refractivity contribution in [2.45, 2.75) is 11.4 Å². The van der Waals surface area contributed by atoms with Crippen molar-refractivity contribution in [1.29, 1.82) is 0 Å². The molecular weight excluding hydrogens is 431 g/mol. The summed E-state index contributed by atoms with van der Waals surface area (Å²) in [4.78, 5) is 0. The van der Waals surface area contributed by atoms with E-state index in [9.17, 15) is 0 Å². The Bertz CT molecular complexity index is 718. The van der Waals surface area contributed by atoms with Crippen LogP contribution in [0.25, 0.3) is 0 Å². The third kappa shape index (κ3) is 5.30. The maximum absolute atomic E-state index is 6.43. The van der Waals surface area contributed by atoms with Gasteiger partial charge in [0.25, 0.3) is 0 Å².